The summed E-state index contributed by atoms with van der Waals surface area (Å²) in [6.07, 6.45) is 4.06. The quantitative estimate of drug-likeness (QED) is 0.495. The van der Waals surface area contributed by atoms with Gasteiger partial charge in [-0.25, -0.2) is 0 Å². The van der Waals surface area contributed by atoms with Gasteiger partial charge in [-0.2, -0.15) is 0 Å². The Morgan fingerprint density at radius 1 is 1.15 bits per heavy atom. The average molecular weight is 321 g/mol. The molecule has 0 amide bonds. The summed E-state index contributed by atoms with van der Waals surface area (Å²) in [7, 11) is -10.7. The molecule has 116 valence electrons. The SMILES string of the molecule is CCON1C=Cc2ccccc2C1.F[P-](F)(F)(F)(F)F.[H+]. The fourth-order valence-electron chi connectivity index (χ4n) is 1.48. The molecule has 2 nitrogen and oxygen atoms in total. The van der Waals surface area contributed by atoms with E-state index in [4.69, 9.17) is 4.84 Å². The number of rotatable bonds is 2. The third-order valence-corrected chi connectivity index (χ3v) is 2.10. The molecule has 9 heteroatoms. The van der Waals surface area contributed by atoms with Crippen molar-refractivity contribution in [3.63, 3.8) is 0 Å². The summed E-state index contributed by atoms with van der Waals surface area (Å²) < 4.78 is 59.2. The first-order valence-corrected chi connectivity index (χ1v) is 7.60. The summed E-state index contributed by atoms with van der Waals surface area (Å²) in [5.74, 6) is 0. The zero-order chi connectivity index (χ0) is 15.5. The summed E-state index contributed by atoms with van der Waals surface area (Å²) in [5, 5.41) is 1.86. The largest absolute Gasteiger partial charge is 1.00 e. The Kier molecular flexibility index (Phi) is 4.14. The van der Waals surface area contributed by atoms with Gasteiger partial charge in [0.15, 0.2) is 0 Å². The van der Waals surface area contributed by atoms with Crippen molar-refractivity contribution in [1.29, 1.82) is 0 Å². The van der Waals surface area contributed by atoms with Crippen molar-refractivity contribution in [3.05, 3.63) is 41.6 Å². The van der Waals surface area contributed by atoms with E-state index in [2.05, 4.69) is 30.3 Å². The normalized spacial score (nSPS) is 17.4. The molecule has 20 heavy (non-hydrogen) atoms. The fraction of sp³-hybridized carbons (Fsp3) is 0.273. The van der Waals surface area contributed by atoms with Gasteiger partial charge in [0.25, 0.3) is 0 Å². The van der Waals surface area contributed by atoms with E-state index in [0.29, 0.717) is 6.61 Å². The summed E-state index contributed by atoms with van der Waals surface area (Å²) in [6, 6.07) is 8.36. The summed E-state index contributed by atoms with van der Waals surface area (Å²) in [4.78, 5) is 5.39. The number of halogens is 6. The van der Waals surface area contributed by atoms with Crippen molar-refractivity contribution in [2.45, 2.75) is 13.5 Å². The molecule has 0 saturated carbocycles. The Labute approximate surface area is 113 Å². The number of hydrogen-bond acceptors (Lipinski definition) is 2. The third kappa shape index (κ3) is 8.77. The van der Waals surface area contributed by atoms with Crippen molar-refractivity contribution < 1.29 is 31.4 Å². The van der Waals surface area contributed by atoms with Crippen LogP contribution in [0.25, 0.3) is 6.08 Å². The molecule has 1 heterocycles. The maximum atomic E-state index is 9.87. The van der Waals surface area contributed by atoms with Crippen molar-refractivity contribution in [2.24, 2.45) is 0 Å². The number of hydrogen-bond donors (Lipinski definition) is 0. The molecule has 0 radical (unpaired) electrons. The predicted molar refractivity (Wildman–Crippen MR) is 67.3 cm³/mol. The molecule has 0 N–H and O–H groups in total. The Morgan fingerprint density at radius 2 is 1.70 bits per heavy atom. The average Bonchev–Trinajstić information content (AvgIpc) is 2.25. The monoisotopic (exact) mass is 321 g/mol. The number of nitrogens with zero attached hydrogens (tertiary/aromatic N) is 1. The third-order valence-electron chi connectivity index (χ3n) is 2.10. The van der Waals surface area contributed by atoms with E-state index < -0.39 is 7.81 Å². The maximum absolute atomic E-state index is 10.7. The minimum atomic E-state index is -10.7. The second-order valence-electron chi connectivity index (χ2n) is 3.97. The van der Waals surface area contributed by atoms with Gasteiger partial charge in [0.1, 0.15) is 0 Å². The van der Waals surface area contributed by atoms with Crippen LogP contribution in [0.4, 0.5) is 25.2 Å². The Bertz CT molecular complexity index is 493. The van der Waals surface area contributed by atoms with Gasteiger partial charge in [0, 0.05) is 6.20 Å². The molecule has 0 aromatic heterocycles. The van der Waals surface area contributed by atoms with Crippen LogP contribution in [0.1, 0.15) is 19.5 Å². The van der Waals surface area contributed by atoms with Crippen molar-refractivity contribution in [1.82, 2.24) is 5.06 Å². The standard InChI is InChI=1S/C11H13NO.F6P/c1-2-13-12-8-7-10-5-3-4-6-11(10)9-12;1-7(2,3,4,5)6/h3-8H,2,9H2,1H3;/q;-1/p+1. The Balaban J connectivity index is 0.000000436. The molecular weight excluding hydrogens is 307 g/mol. The minimum Gasteiger partial charge on any atom is 1.00 e. The molecule has 1 aromatic carbocycles. The van der Waals surface area contributed by atoms with Crippen molar-refractivity contribution in [2.75, 3.05) is 6.61 Å². The van der Waals surface area contributed by atoms with Gasteiger partial charge in [-0.05, 0) is 24.1 Å². The second kappa shape index (κ2) is 4.93. The minimum absolute atomic E-state index is 0. The van der Waals surface area contributed by atoms with Gasteiger partial charge in [-0.3, -0.25) is 9.90 Å². The van der Waals surface area contributed by atoms with Gasteiger partial charge in [0.05, 0.1) is 13.2 Å². The van der Waals surface area contributed by atoms with Crippen LogP contribution < -0.4 is 0 Å². The molecule has 0 spiro atoms. The molecule has 0 bridgehead atoms. The fourth-order valence-corrected chi connectivity index (χ4v) is 1.48. The summed E-state index contributed by atoms with van der Waals surface area (Å²) in [6.45, 7) is 3.56. The van der Waals surface area contributed by atoms with E-state index in [1.165, 1.54) is 11.1 Å². The van der Waals surface area contributed by atoms with E-state index >= 15 is 0 Å². The van der Waals surface area contributed by atoms with E-state index in [0.717, 1.165) is 6.54 Å². The van der Waals surface area contributed by atoms with Gasteiger partial charge >= 0.3 is 34.4 Å². The molecular formula is C11H14F6NOP. The summed E-state index contributed by atoms with van der Waals surface area (Å²) in [5.41, 5.74) is 2.61. The van der Waals surface area contributed by atoms with E-state index in [9.17, 15) is 25.2 Å². The Morgan fingerprint density at radius 3 is 2.25 bits per heavy atom. The molecule has 0 unspecified atom stereocenters. The van der Waals surface area contributed by atoms with E-state index in [1.54, 1.807) is 0 Å². The van der Waals surface area contributed by atoms with Crippen LogP contribution in [0.5, 0.6) is 0 Å². The van der Waals surface area contributed by atoms with Crippen LogP contribution in [-0.4, -0.2) is 11.7 Å². The molecule has 0 atom stereocenters. The van der Waals surface area contributed by atoms with Crippen LogP contribution in [0.2, 0.25) is 0 Å². The summed E-state index contributed by atoms with van der Waals surface area (Å²) >= 11 is 0. The van der Waals surface area contributed by atoms with Crippen molar-refractivity contribution >= 4 is 13.9 Å². The zero-order valence-corrected chi connectivity index (χ0v) is 11.3. The molecule has 2 rings (SSSR count). The molecule has 1 aliphatic heterocycles. The second-order valence-corrected chi connectivity index (χ2v) is 5.88. The molecule has 1 aliphatic rings. The number of fused-ring (bicyclic) bond motifs is 1. The number of benzene rings is 1. The van der Waals surface area contributed by atoms with Crippen LogP contribution in [0.15, 0.2) is 30.5 Å². The number of hydroxylamine groups is 2. The zero-order valence-electron chi connectivity index (χ0n) is 11.4. The van der Waals surface area contributed by atoms with Gasteiger partial charge in [0.2, 0.25) is 0 Å². The van der Waals surface area contributed by atoms with E-state index in [1.807, 2.05) is 18.2 Å². The molecule has 0 aliphatic carbocycles. The topological polar surface area (TPSA) is 12.5 Å². The first-order valence-electron chi connectivity index (χ1n) is 5.57. The smallest absolute Gasteiger partial charge is 1.00 e. The van der Waals surface area contributed by atoms with Gasteiger partial charge < -0.3 is 0 Å². The van der Waals surface area contributed by atoms with Gasteiger partial charge in [-0.1, -0.05) is 24.3 Å². The predicted octanol–water partition coefficient (Wildman–Crippen LogP) is 5.92. The van der Waals surface area contributed by atoms with Crippen LogP contribution >= 0.6 is 7.81 Å². The van der Waals surface area contributed by atoms with Crippen molar-refractivity contribution in [3.8, 4) is 0 Å². The van der Waals surface area contributed by atoms with Crippen LogP contribution in [-0.2, 0) is 11.4 Å². The maximum Gasteiger partial charge on any atom is 1.00 e. The molecule has 1 aromatic rings. The molecule has 0 saturated heterocycles. The van der Waals surface area contributed by atoms with Gasteiger partial charge in [-0.15, -0.1) is 0 Å². The van der Waals surface area contributed by atoms with Crippen LogP contribution in [0.3, 0.4) is 0 Å². The van der Waals surface area contributed by atoms with Crippen LogP contribution in [0, 0.1) is 0 Å². The first kappa shape index (κ1) is 16.8. The first-order chi connectivity index (χ1) is 8.85. The Hall–Kier alpha value is -1.27. The van der Waals surface area contributed by atoms with E-state index in [-0.39, 0.29) is 1.43 Å². The molecule has 0 fully saturated rings.